The van der Waals surface area contributed by atoms with Gasteiger partial charge < -0.3 is 15.2 Å². The Morgan fingerprint density at radius 2 is 2.06 bits per heavy atom. The van der Waals surface area contributed by atoms with Gasteiger partial charge in [0, 0.05) is 10.0 Å². The van der Waals surface area contributed by atoms with Crippen LogP contribution in [0.3, 0.4) is 0 Å². The highest BCUT2D eigenvalue weighted by atomic mass is 79.9. The molecule has 0 bridgehead atoms. The van der Waals surface area contributed by atoms with Crippen molar-refractivity contribution in [2.24, 2.45) is 5.73 Å². The van der Waals surface area contributed by atoms with E-state index in [9.17, 15) is 4.39 Å². The van der Waals surface area contributed by atoms with E-state index >= 15 is 0 Å². The van der Waals surface area contributed by atoms with Crippen molar-refractivity contribution in [1.29, 1.82) is 0 Å². The highest BCUT2D eigenvalue weighted by Crippen LogP contribution is 2.39. The van der Waals surface area contributed by atoms with Crippen LogP contribution in [-0.2, 0) is 0 Å². The van der Waals surface area contributed by atoms with Crippen LogP contribution in [-0.4, -0.2) is 20.8 Å². The fourth-order valence-electron chi connectivity index (χ4n) is 1.51. The highest BCUT2D eigenvalue weighted by molar-refractivity contribution is 9.10. The molecule has 0 aliphatic carbocycles. The molecule has 1 unspecified atom stereocenters. The number of hydrogen-bond donors (Lipinski definition) is 1. The molecule has 1 aromatic carbocycles. The molecule has 0 amide bonds. The number of ether oxygens (including phenoxy) is 2. The summed E-state index contributed by atoms with van der Waals surface area (Å²) >= 11 is 3.31. The van der Waals surface area contributed by atoms with E-state index < -0.39 is 5.82 Å². The second kappa shape index (κ2) is 5.50. The zero-order valence-electron chi connectivity index (χ0n) is 9.51. The van der Waals surface area contributed by atoms with Gasteiger partial charge in [-0.25, -0.2) is 4.39 Å². The second-order valence-corrected chi connectivity index (χ2v) is 4.31. The van der Waals surface area contributed by atoms with Gasteiger partial charge in [-0.05, 0) is 18.5 Å². The number of nitrogens with two attached hydrogens (primary N) is 1. The Morgan fingerprint density at radius 1 is 1.44 bits per heavy atom. The average molecular weight is 292 g/mol. The van der Waals surface area contributed by atoms with Crippen molar-refractivity contribution in [2.45, 2.75) is 12.8 Å². The van der Waals surface area contributed by atoms with Crippen LogP contribution in [0.5, 0.6) is 11.5 Å². The van der Waals surface area contributed by atoms with Crippen LogP contribution in [0.15, 0.2) is 10.5 Å². The molecule has 1 rings (SSSR count). The van der Waals surface area contributed by atoms with Gasteiger partial charge in [0.1, 0.15) is 0 Å². The van der Waals surface area contributed by atoms with Crippen LogP contribution in [0.1, 0.15) is 18.4 Å². The minimum atomic E-state index is -0.424. The molecule has 1 aromatic rings. The largest absolute Gasteiger partial charge is 0.493 e. The normalized spacial score (nSPS) is 12.4. The topological polar surface area (TPSA) is 44.5 Å². The predicted molar refractivity (Wildman–Crippen MR) is 64.7 cm³/mol. The zero-order valence-corrected chi connectivity index (χ0v) is 11.1. The third-order valence-electron chi connectivity index (χ3n) is 2.45. The third-order valence-corrected chi connectivity index (χ3v) is 3.10. The summed E-state index contributed by atoms with van der Waals surface area (Å²) in [6, 6.07) is 1.68. The Bertz CT molecular complexity index is 385. The van der Waals surface area contributed by atoms with E-state index in [0.29, 0.717) is 22.3 Å². The number of halogens is 2. The van der Waals surface area contributed by atoms with Gasteiger partial charge in [-0.2, -0.15) is 0 Å². The first-order valence-electron chi connectivity index (χ1n) is 4.86. The Hall–Kier alpha value is -0.810. The Balaban J connectivity index is 3.40. The summed E-state index contributed by atoms with van der Waals surface area (Å²) in [6.45, 7) is 2.22. The maximum Gasteiger partial charge on any atom is 0.197 e. The molecule has 0 aromatic heterocycles. The standard InChI is InChI=1S/C11H15BrFNO2/c1-6(5-14)9-7(12)4-8(15-2)11(16-3)10(9)13/h4,6H,5,14H2,1-3H3. The van der Waals surface area contributed by atoms with Gasteiger partial charge >= 0.3 is 0 Å². The van der Waals surface area contributed by atoms with Gasteiger partial charge in [-0.3, -0.25) is 0 Å². The van der Waals surface area contributed by atoms with Crippen molar-refractivity contribution in [1.82, 2.24) is 0 Å². The maximum atomic E-state index is 14.1. The summed E-state index contributed by atoms with van der Waals surface area (Å²) in [5, 5.41) is 0. The molecular formula is C11H15BrFNO2. The summed E-state index contributed by atoms with van der Waals surface area (Å²) in [6.07, 6.45) is 0. The summed E-state index contributed by atoms with van der Waals surface area (Å²) in [7, 11) is 2.88. The van der Waals surface area contributed by atoms with Gasteiger partial charge in [-0.1, -0.05) is 22.9 Å². The van der Waals surface area contributed by atoms with Crippen molar-refractivity contribution in [3.8, 4) is 11.5 Å². The van der Waals surface area contributed by atoms with Gasteiger partial charge in [-0.15, -0.1) is 0 Å². The predicted octanol–water partition coefficient (Wildman–Crippen LogP) is 2.67. The van der Waals surface area contributed by atoms with Crippen molar-refractivity contribution in [3.05, 3.63) is 21.9 Å². The van der Waals surface area contributed by atoms with E-state index in [1.54, 1.807) is 6.07 Å². The van der Waals surface area contributed by atoms with E-state index in [1.807, 2.05) is 6.92 Å². The lowest BCUT2D eigenvalue weighted by atomic mass is 10.00. The monoisotopic (exact) mass is 291 g/mol. The first-order valence-corrected chi connectivity index (χ1v) is 5.66. The molecule has 1 atom stereocenters. The van der Waals surface area contributed by atoms with Crippen LogP contribution in [0.4, 0.5) is 4.39 Å². The second-order valence-electron chi connectivity index (χ2n) is 3.46. The minimum Gasteiger partial charge on any atom is -0.493 e. The highest BCUT2D eigenvalue weighted by Gasteiger charge is 2.21. The zero-order chi connectivity index (χ0) is 12.3. The van der Waals surface area contributed by atoms with E-state index in [-0.39, 0.29) is 11.7 Å². The number of methoxy groups -OCH3 is 2. The summed E-state index contributed by atoms with van der Waals surface area (Å²) in [4.78, 5) is 0. The number of hydrogen-bond acceptors (Lipinski definition) is 3. The molecule has 3 nitrogen and oxygen atoms in total. The van der Waals surface area contributed by atoms with E-state index in [2.05, 4.69) is 15.9 Å². The third kappa shape index (κ3) is 2.30. The molecule has 0 spiro atoms. The average Bonchev–Trinajstić information content (AvgIpc) is 2.27. The molecule has 0 saturated carbocycles. The molecule has 2 N–H and O–H groups in total. The van der Waals surface area contributed by atoms with Crippen LogP contribution in [0.2, 0.25) is 0 Å². The molecule has 5 heteroatoms. The SMILES string of the molecule is COc1cc(Br)c(C(C)CN)c(F)c1OC. The first-order chi connectivity index (χ1) is 7.56. The lowest BCUT2D eigenvalue weighted by molar-refractivity contribution is 0.334. The molecule has 0 heterocycles. The summed E-state index contributed by atoms with van der Waals surface area (Å²) < 4.78 is 24.8. The Kier molecular flexibility index (Phi) is 4.56. The molecule has 90 valence electrons. The van der Waals surface area contributed by atoms with Crippen molar-refractivity contribution < 1.29 is 13.9 Å². The maximum absolute atomic E-state index is 14.1. The van der Waals surface area contributed by atoms with Crippen LogP contribution < -0.4 is 15.2 Å². The van der Waals surface area contributed by atoms with Gasteiger partial charge in [0.2, 0.25) is 0 Å². The van der Waals surface area contributed by atoms with Gasteiger partial charge in [0.05, 0.1) is 14.2 Å². The molecule has 0 aliphatic heterocycles. The smallest absolute Gasteiger partial charge is 0.197 e. The van der Waals surface area contributed by atoms with Crippen LogP contribution in [0, 0.1) is 5.82 Å². The van der Waals surface area contributed by atoms with Crippen LogP contribution in [0.25, 0.3) is 0 Å². The summed E-state index contributed by atoms with van der Waals surface area (Å²) in [5.41, 5.74) is 6.06. The van der Waals surface area contributed by atoms with E-state index in [1.165, 1.54) is 14.2 Å². The molecule has 16 heavy (non-hydrogen) atoms. The first kappa shape index (κ1) is 13.3. The molecule has 0 fully saturated rings. The Morgan fingerprint density at radius 3 is 2.50 bits per heavy atom. The fraction of sp³-hybridized carbons (Fsp3) is 0.455. The van der Waals surface area contributed by atoms with Crippen molar-refractivity contribution in [3.63, 3.8) is 0 Å². The van der Waals surface area contributed by atoms with E-state index in [0.717, 1.165) is 0 Å². The number of benzene rings is 1. The number of rotatable bonds is 4. The molecular weight excluding hydrogens is 277 g/mol. The minimum absolute atomic E-state index is 0.0887. The molecule has 0 saturated heterocycles. The lowest BCUT2D eigenvalue weighted by Gasteiger charge is -2.17. The summed E-state index contributed by atoms with van der Waals surface area (Å²) in [5.74, 6) is -0.0401. The fourth-order valence-corrected chi connectivity index (χ4v) is 2.28. The van der Waals surface area contributed by atoms with Gasteiger partial charge in [0.25, 0.3) is 0 Å². The van der Waals surface area contributed by atoms with E-state index in [4.69, 9.17) is 15.2 Å². The van der Waals surface area contributed by atoms with Crippen LogP contribution >= 0.6 is 15.9 Å². The van der Waals surface area contributed by atoms with Gasteiger partial charge in [0.15, 0.2) is 17.3 Å². The van der Waals surface area contributed by atoms with Crippen molar-refractivity contribution >= 4 is 15.9 Å². The molecule has 0 aliphatic rings. The van der Waals surface area contributed by atoms with Crippen molar-refractivity contribution in [2.75, 3.05) is 20.8 Å². The lowest BCUT2D eigenvalue weighted by Crippen LogP contribution is -2.12. The Labute approximate surface area is 103 Å². The quantitative estimate of drug-likeness (QED) is 0.928. The molecule has 0 radical (unpaired) electrons.